The van der Waals surface area contributed by atoms with Gasteiger partial charge in [0.2, 0.25) is 0 Å². The Labute approximate surface area is 152 Å². The predicted molar refractivity (Wildman–Crippen MR) is 99.3 cm³/mol. The molecule has 0 aromatic rings. The summed E-state index contributed by atoms with van der Waals surface area (Å²) in [5.41, 5.74) is 0.337. The molecule has 136 valence electrons. The Hall–Kier alpha value is -1.23. The quantitative estimate of drug-likeness (QED) is 0.366. The standard InChI is InChI=1S/C23H32O2/c1-3-22(24)25-15-13-17-9-11-21-20-10-8-16-6-4-5-7-18(16)19(20)12-14-23(17,21)2/h4-5,16-21H,3,6-12,14H2,1-2H3/t16?,17-,18-,19+,20+,21-,23+/m0/s1. The molecule has 0 radical (unpaired) electrons. The zero-order chi connectivity index (χ0) is 17.4. The Balaban J connectivity index is 1.49. The molecule has 1 unspecified atom stereocenters. The molecule has 0 N–H and O–H groups in total. The highest BCUT2D eigenvalue weighted by atomic mass is 16.5. The second kappa shape index (κ2) is 6.82. The van der Waals surface area contributed by atoms with Gasteiger partial charge in [0.1, 0.15) is 6.11 Å². The highest BCUT2D eigenvalue weighted by Crippen LogP contribution is 2.63. The van der Waals surface area contributed by atoms with Gasteiger partial charge in [-0.2, -0.15) is 0 Å². The summed E-state index contributed by atoms with van der Waals surface area (Å²) in [6, 6.07) is 0. The molecule has 0 bridgehead atoms. The first-order valence-electron chi connectivity index (χ1n) is 10.5. The lowest BCUT2D eigenvalue weighted by Crippen LogP contribution is -2.47. The van der Waals surface area contributed by atoms with Crippen molar-refractivity contribution in [2.24, 2.45) is 40.9 Å². The topological polar surface area (TPSA) is 26.3 Å². The minimum absolute atomic E-state index is 0.209. The van der Waals surface area contributed by atoms with E-state index < -0.39 is 0 Å². The van der Waals surface area contributed by atoms with Crippen LogP contribution in [-0.4, -0.2) is 5.97 Å². The molecular weight excluding hydrogens is 308 g/mol. The van der Waals surface area contributed by atoms with E-state index in [1.807, 2.05) is 6.92 Å². The van der Waals surface area contributed by atoms with E-state index in [-0.39, 0.29) is 5.97 Å². The largest absolute Gasteiger partial charge is 0.372 e. The summed E-state index contributed by atoms with van der Waals surface area (Å²) in [5.74, 6) is 8.14. The summed E-state index contributed by atoms with van der Waals surface area (Å²) in [6.07, 6.45) is 18.8. The zero-order valence-corrected chi connectivity index (χ0v) is 15.8. The van der Waals surface area contributed by atoms with Gasteiger partial charge in [-0.15, -0.1) is 0 Å². The van der Waals surface area contributed by atoms with Crippen LogP contribution in [0.1, 0.15) is 71.6 Å². The number of ether oxygens (including phenoxy) is 1. The van der Waals surface area contributed by atoms with Crippen LogP contribution in [0.2, 0.25) is 0 Å². The first-order chi connectivity index (χ1) is 12.1. The SMILES string of the molecule is CCC(=O)OC#C[C@@H]1CC[C@H]2[C@@H]3CCC4CC=CC[C@@H]4[C@H]3CC[C@]12C. The number of allylic oxidation sites excluding steroid dienone is 2. The van der Waals surface area contributed by atoms with Gasteiger partial charge >= 0.3 is 5.97 Å². The lowest BCUT2D eigenvalue weighted by atomic mass is 9.50. The first kappa shape index (κ1) is 17.2. The summed E-state index contributed by atoms with van der Waals surface area (Å²) in [4.78, 5) is 11.3. The van der Waals surface area contributed by atoms with Gasteiger partial charge in [-0.05, 0) is 86.4 Å². The van der Waals surface area contributed by atoms with Gasteiger partial charge in [-0.3, -0.25) is 4.79 Å². The smallest absolute Gasteiger partial charge is 0.319 e. The van der Waals surface area contributed by atoms with E-state index in [9.17, 15) is 4.79 Å². The van der Waals surface area contributed by atoms with Crippen molar-refractivity contribution in [3.63, 3.8) is 0 Å². The fourth-order valence-electron chi connectivity index (χ4n) is 6.89. The van der Waals surface area contributed by atoms with Crippen molar-refractivity contribution >= 4 is 5.97 Å². The van der Waals surface area contributed by atoms with Gasteiger partial charge in [0.15, 0.2) is 0 Å². The van der Waals surface area contributed by atoms with Crippen LogP contribution >= 0.6 is 0 Å². The van der Waals surface area contributed by atoms with Crippen molar-refractivity contribution in [3.05, 3.63) is 12.2 Å². The third kappa shape index (κ3) is 2.94. The Kier molecular flexibility index (Phi) is 4.69. The maximum atomic E-state index is 11.3. The summed E-state index contributed by atoms with van der Waals surface area (Å²) >= 11 is 0. The lowest BCUT2D eigenvalue weighted by molar-refractivity contribution is -0.136. The number of hydrogen-bond acceptors (Lipinski definition) is 2. The maximum Gasteiger partial charge on any atom is 0.319 e. The van der Waals surface area contributed by atoms with Gasteiger partial charge in [-0.1, -0.05) is 31.9 Å². The van der Waals surface area contributed by atoms with Crippen LogP contribution in [0, 0.1) is 52.9 Å². The molecule has 7 atom stereocenters. The van der Waals surface area contributed by atoms with Crippen LogP contribution in [0.5, 0.6) is 0 Å². The third-order valence-corrected chi connectivity index (χ3v) is 8.22. The van der Waals surface area contributed by atoms with Crippen molar-refractivity contribution in [1.82, 2.24) is 0 Å². The fraction of sp³-hybridized carbons (Fsp3) is 0.783. The van der Waals surface area contributed by atoms with Crippen molar-refractivity contribution in [3.8, 4) is 12.0 Å². The van der Waals surface area contributed by atoms with Gasteiger partial charge < -0.3 is 4.74 Å². The Morgan fingerprint density at radius 2 is 1.92 bits per heavy atom. The molecule has 0 amide bonds. The summed E-state index contributed by atoms with van der Waals surface area (Å²) in [5, 5.41) is 0. The average Bonchev–Trinajstić information content (AvgIpc) is 2.98. The molecule has 0 saturated heterocycles. The van der Waals surface area contributed by atoms with Gasteiger partial charge in [0.05, 0.1) is 0 Å². The van der Waals surface area contributed by atoms with Gasteiger partial charge in [-0.25, -0.2) is 0 Å². The number of fused-ring (bicyclic) bond motifs is 5. The minimum Gasteiger partial charge on any atom is -0.372 e. The monoisotopic (exact) mass is 340 g/mol. The molecule has 0 spiro atoms. The molecule has 3 fully saturated rings. The fourth-order valence-corrected chi connectivity index (χ4v) is 6.89. The van der Waals surface area contributed by atoms with Gasteiger partial charge in [0, 0.05) is 12.3 Å². The Bertz CT molecular complexity index is 609. The third-order valence-electron chi connectivity index (χ3n) is 8.22. The molecule has 0 aromatic carbocycles. The van der Waals surface area contributed by atoms with Crippen LogP contribution in [0.3, 0.4) is 0 Å². The van der Waals surface area contributed by atoms with Crippen LogP contribution in [0.15, 0.2) is 12.2 Å². The molecule has 2 nitrogen and oxygen atoms in total. The highest BCUT2D eigenvalue weighted by molar-refractivity contribution is 5.70. The predicted octanol–water partition coefficient (Wildman–Crippen LogP) is 5.34. The number of carbonyl (C=O) groups excluding carboxylic acids is 1. The summed E-state index contributed by atoms with van der Waals surface area (Å²) in [7, 11) is 0. The van der Waals surface area contributed by atoms with Crippen molar-refractivity contribution in [2.45, 2.75) is 71.6 Å². The van der Waals surface area contributed by atoms with E-state index in [1.54, 1.807) is 0 Å². The Morgan fingerprint density at radius 1 is 1.08 bits per heavy atom. The van der Waals surface area contributed by atoms with Crippen LogP contribution in [-0.2, 0) is 9.53 Å². The van der Waals surface area contributed by atoms with E-state index in [0.717, 1.165) is 29.6 Å². The van der Waals surface area contributed by atoms with Crippen molar-refractivity contribution in [1.29, 1.82) is 0 Å². The number of rotatable bonds is 1. The molecule has 4 rings (SSSR count). The minimum atomic E-state index is -0.209. The lowest BCUT2D eigenvalue weighted by Gasteiger charge is -2.54. The van der Waals surface area contributed by atoms with E-state index >= 15 is 0 Å². The molecule has 3 saturated carbocycles. The molecule has 0 heterocycles. The second-order valence-corrected chi connectivity index (χ2v) is 9.13. The molecule has 0 aromatic heterocycles. The number of carbonyl (C=O) groups is 1. The molecular formula is C23H32O2. The van der Waals surface area contributed by atoms with Crippen LogP contribution in [0.4, 0.5) is 0 Å². The van der Waals surface area contributed by atoms with Crippen LogP contribution < -0.4 is 0 Å². The molecule has 4 aliphatic rings. The molecule has 0 aliphatic heterocycles. The van der Waals surface area contributed by atoms with E-state index in [2.05, 4.69) is 31.1 Å². The first-order valence-corrected chi connectivity index (χ1v) is 10.5. The molecule has 2 heteroatoms. The van der Waals surface area contributed by atoms with E-state index in [1.165, 1.54) is 51.4 Å². The number of esters is 1. The zero-order valence-electron chi connectivity index (χ0n) is 15.8. The molecule has 4 aliphatic carbocycles. The average molecular weight is 341 g/mol. The second-order valence-electron chi connectivity index (χ2n) is 9.13. The Morgan fingerprint density at radius 3 is 2.76 bits per heavy atom. The van der Waals surface area contributed by atoms with Crippen LogP contribution in [0.25, 0.3) is 0 Å². The van der Waals surface area contributed by atoms with E-state index in [0.29, 0.717) is 17.8 Å². The van der Waals surface area contributed by atoms with Crippen molar-refractivity contribution < 1.29 is 9.53 Å². The maximum absolute atomic E-state index is 11.3. The highest BCUT2D eigenvalue weighted by Gasteiger charge is 2.56. The van der Waals surface area contributed by atoms with Crippen molar-refractivity contribution in [2.75, 3.05) is 0 Å². The normalized spacial score (nSPS) is 44.7. The van der Waals surface area contributed by atoms with E-state index in [4.69, 9.17) is 4.74 Å². The van der Waals surface area contributed by atoms with Gasteiger partial charge in [0.25, 0.3) is 0 Å². The summed E-state index contributed by atoms with van der Waals surface area (Å²) < 4.78 is 5.05. The number of hydrogen-bond donors (Lipinski definition) is 0. The summed E-state index contributed by atoms with van der Waals surface area (Å²) in [6.45, 7) is 4.30. The molecule has 25 heavy (non-hydrogen) atoms.